The molecule has 1 unspecified atom stereocenters. The Labute approximate surface area is 170 Å². The summed E-state index contributed by atoms with van der Waals surface area (Å²) in [6.45, 7) is 1.70. The van der Waals surface area contributed by atoms with E-state index in [2.05, 4.69) is 31.2 Å². The van der Waals surface area contributed by atoms with Crippen molar-refractivity contribution >= 4 is 17.8 Å². The largest absolute Gasteiger partial charge is 0.490 e. The second kappa shape index (κ2) is 8.64. The Morgan fingerprint density at radius 3 is 2.33 bits per heavy atom. The molecular formula is C19H20F3N5O3. The van der Waals surface area contributed by atoms with Crippen LogP contribution in [0.4, 0.5) is 19.1 Å². The van der Waals surface area contributed by atoms with E-state index < -0.39 is 12.1 Å². The molecule has 2 aliphatic heterocycles. The second-order valence-electron chi connectivity index (χ2n) is 7.09. The molecular weight excluding hydrogens is 403 g/mol. The molecule has 30 heavy (non-hydrogen) atoms. The average molecular weight is 423 g/mol. The number of halogens is 3. The number of rotatable bonds is 2. The Kier molecular flexibility index (Phi) is 6.18. The van der Waals surface area contributed by atoms with Gasteiger partial charge in [-0.3, -0.25) is 9.78 Å². The van der Waals surface area contributed by atoms with Gasteiger partial charge in [-0.1, -0.05) is 6.07 Å². The van der Waals surface area contributed by atoms with Gasteiger partial charge in [-0.15, -0.1) is 0 Å². The minimum atomic E-state index is -5.08. The number of pyridine rings is 1. The van der Waals surface area contributed by atoms with Crippen LogP contribution in [0.3, 0.4) is 0 Å². The lowest BCUT2D eigenvalue weighted by Crippen LogP contribution is -2.53. The molecule has 160 valence electrons. The molecule has 2 aliphatic rings. The topological polar surface area (TPSA) is 108 Å². The van der Waals surface area contributed by atoms with Crippen molar-refractivity contribution in [1.29, 1.82) is 0 Å². The monoisotopic (exact) mass is 423 g/mol. The van der Waals surface area contributed by atoms with Crippen LogP contribution in [0.25, 0.3) is 0 Å². The summed E-state index contributed by atoms with van der Waals surface area (Å²) in [5.41, 5.74) is 0.987. The number of alkyl halides is 3. The highest BCUT2D eigenvalue weighted by molar-refractivity contribution is 5.81. The van der Waals surface area contributed by atoms with Crippen LogP contribution in [0.15, 0.2) is 43.0 Å². The summed E-state index contributed by atoms with van der Waals surface area (Å²) in [5, 5.41) is 10.4. The van der Waals surface area contributed by atoms with Crippen molar-refractivity contribution < 1.29 is 27.9 Å². The van der Waals surface area contributed by atoms with Gasteiger partial charge in [0.1, 0.15) is 0 Å². The highest BCUT2D eigenvalue weighted by atomic mass is 19.4. The van der Waals surface area contributed by atoms with Crippen molar-refractivity contribution in [1.82, 2.24) is 20.3 Å². The van der Waals surface area contributed by atoms with E-state index in [1.807, 2.05) is 18.3 Å². The fourth-order valence-corrected chi connectivity index (χ4v) is 3.85. The van der Waals surface area contributed by atoms with Gasteiger partial charge in [0, 0.05) is 50.2 Å². The summed E-state index contributed by atoms with van der Waals surface area (Å²) in [5.74, 6) is -1.65. The average Bonchev–Trinajstić information content (AvgIpc) is 3.05. The number of piperidine rings is 1. The first-order valence-corrected chi connectivity index (χ1v) is 9.24. The molecule has 2 fully saturated rings. The van der Waals surface area contributed by atoms with Crippen molar-refractivity contribution in [2.24, 2.45) is 0 Å². The third-order valence-corrected chi connectivity index (χ3v) is 5.26. The van der Waals surface area contributed by atoms with Crippen LogP contribution in [-0.4, -0.2) is 56.7 Å². The maximum atomic E-state index is 12.1. The molecule has 1 atom stereocenters. The van der Waals surface area contributed by atoms with E-state index >= 15 is 0 Å². The van der Waals surface area contributed by atoms with Crippen LogP contribution >= 0.6 is 0 Å². The predicted octanol–water partition coefficient (Wildman–Crippen LogP) is 2.15. The summed E-state index contributed by atoms with van der Waals surface area (Å²) < 4.78 is 31.7. The molecule has 2 aromatic rings. The molecule has 2 saturated heterocycles. The van der Waals surface area contributed by atoms with Crippen molar-refractivity contribution in [2.75, 3.05) is 18.0 Å². The number of carboxylic acid groups (broad SMARTS) is 1. The number of carbonyl (C=O) groups is 2. The first-order valence-electron chi connectivity index (χ1n) is 9.24. The van der Waals surface area contributed by atoms with Crippen LogP contribution in [0.2, 0.25) is 0 Å². The van der Waals surface area contributed by atoms with E-state index in [-0.39, 0.29) is 17.4 Å². The maximum Gasteiger partial charge on any atom is 0.490 e. The van der Waals surface area contributed by atoms with Gasteiger partial charge in [-0.2, -0.15) is 13.2 Å². The first kappa shape index (κ1) is 21.5. The van der Waals surface area contributed by atoms with Crippen molar-refractivity contribution in [3.8, 4) is 0 Å². The Hall–Kier alpha value is -3.24. The molecule has 0 aliphatic carbocycles. The van der Waals surface area contributed by atoms with Crippen molar-refractivity contribution in [3.05, 3.63) is 48.5 Å². The van der Waals surface area contributed by atoms with Crippen LogP contribution in [0.5, 0.6) is 0 Å². The van der Waals surface area contributed by atoms with Gasteiger partial charge in [0.25, 0.3) is 0 Å². The Morgan fingerprint density at radius 1 is 1.17 bits per heavy atom. The van der Waals surface area contributed by atoms with Crippen LogP contribution in [0.1, 0.15) is 30.7 Å². The van der Waals surface area contributed by atoms with Crippen LogP contribution < -0.4 is 10.2 Å². The molecule has 2 aromatic heterocycles. The molecule has 0 radical (unpaired) electrons. The molecule has 8 nitrogen and oxygen atoms in total. The molecule has 0 aromatic carbocycles. The molecule has 1 amide bonds. The van der Waals surface area contributed by atoms with Gasteiger partial charge < -0.3 is 15.3 Å². The lowest BCUT2D eigenvalue weighted by atomic mass is 9.75. The second-order valence-corrected chi connectivity index (χ2v) is 7.09. The fraction of sp³-hybridized carbons (Fsp3) is 0.421. The van der Waals surface area contributed by atoms with Crippen molar-refractivity contribution in [3.63, 3.8) is 0 Å². The number of aliphatic carboxylic acids is 1. The van der Waals surface area contributed by atoms with Gasteiger partial charge >= 0.3 is 12.1 Å². The van der Waals surface area contributed by atoms with Crippen molar-refractivity contribution in [2.45, 2.75) is 36.9 Å². The highest BCUT2D eigenvalue weighted by Crippen LogP contribution is 2.43. The number of carboxylic acids is 1. The van der Waals surface area contributed by atoms with Gasteiger partial charge in [0.05, 0.1) is 5.54 Å². The first-order chi connectivity index (χ1) is 14.2. The maximum absolute atomic E-state index is 12.1. The highest BCUT2D eigenvalue weighted by Gasteiger charge is 2.49. The van der Waals surface area contributed by atoms with E-state index in [1.54, 1.807) is 18.6 Å². The molecule has 1 spiro atoms. The summed E-state index contributed by atoms with van der Waals surface area (Å²) in [6, 6.07) is 5.84. The number of nitrogens with zero attached hydrogens (tertiary/aromatic N) is 4. The zero-order chi connectivity index (χ0) is 21.8. The summed E-state index contributed by atoms with van der Waals surface area (Å²) in [6.07, 6.45) is 4.46. The zero-order valence-corrected chi connectivity index (χ0v) is 15.8. The fourth-order valence-electron chi connectivity index (χ4n) is 3.85. The molecule has 4 heterocycles. The molecule has 11 heteroatoms. The minimum Gasteiger partial charge on any atom is -0.475 e. The third kappa shape index (κ3) is 4.84. The number of hydrogen-bond donors (Lipinski definition) is 2. The number of nitrogens with one attached hydrogen (secondary N) is 1. The van der Waals surface area contributed by atoms with E-state index in [9.17, 15) is 18.0 Å². The number of aromatic nitrogens is 3. The summed E-state index contributed by atoms with van der Waals surface area (Å²) in [7, 11) is 0. The Morgan fingerprint density at radius 2 is 1.80 bits per heavy atom. The normalized spacial score (nSPS) is 20.3. The number of carbonyl (C=O) groups excluding carboxylic acids is 1. The van der Waals surface area contributed by atoms with Gasteiger partial charge in [-0.25, -0.2) is 14.8 Å². The lowest BCUT2D eigenvalue weighted by Gasteiger charge is -2.42. The van der Waals surface area contributed by atoms with E-state index in [4.69, 9.17) is 9.90 Å². The van der Waals surface area contributed by atoms with E-state index in [1.165, 1.54) is 0 Å². The SMILES string of the molecule is O=C(O)C(F)(F)F.O=C1CC(c2cccnc2)C2(CCN(c3ncccn3)CC2)N1. The van der Waals surface area contributed by atoms with Gasteiger partial charge in [-0.05, 0) is 30.5 Å². The number of amides is 1. The van der Waals surface area contributed by atoms with E-state index in [0.717, 1.165) is 37.4 Å². The Bertz CT molecular complexity index is 872. The van der Waals surface area contributed by atoms with E-state index in [0.29, 0.717) is 6.42 Å². The number of hydrogen-bond acceptors (Lipinski definition) is 6. The predicted molar refractivity (Wildman–Crippen MR) is 99.6 cm³/mol. The zero-order valence-electron chi connectivity index (χ0n) is 15.8. The number of anilines is 1. The lowest BCUT2D eigenvalue weighted by molar-refractivity contribution is -0.192. The third-order valence-electron chi connectivity index (χ3n) is 5.26. The Balaban J connectivity index is 0.000000318. The van der Waals surface area contributed by atoms with Gasteiger partial charge in [0.2, 0.25) is 11.9 Å². The smallest absolute Gasteiger partial charge is 0.475 e. The summed E-state index contributed by atoms with van der Waals surface area (Å²) >= 11 is 0. The molecule has 2 N–H and O–H groups in total. The van der Waals surface area contributed by atoms with Crippen LogP contribution in [-0.2, 0) is 9.59 Å². The molecule has 0 saturated carbocycles. The minimum absolute atomic E-state index is 0.142. The summed E-state index contributed by atoms with van der Waals surface area (Å²) in [4.78, 5) is 36.0. The molecule has 4 rings (SSSR count). The standard InChI is InChI=1S/C17H19N5O.C2HF3O2/c23-15-11-14(13-3-1-6-18-12-13)17(21-15)4-9-22(10-5-17)16-19-7-2-8-20-16;3-2(4,5)1(6)7/h1-3,6-8,12,14H,4-5,9-11H2,(H,21,23);(H,6,7). The quantitative estimate of drug-likeness (QED) is 0.762. The van der Waals surface area contributed by atoms with Gasteiger partial charge in [0.15, 0.2) is 0 Å². The molecule has 0 bridgehead atoms. The van der Waals surface area contributed by atoms with Crippen LogP contribution in [0, 0.1) is 0 Å².